The molecule has 0 aliphatic heterocycles. The lowest BCUT2D eigenvalue weighted by molar-refractivity contribution is -0.384. The molecule has 0 aliphatic carbocycles. The van der Waals surface area contributed by atoms with Crippen LogP contribution in [0.5, 0.6) is 0 Å². The molecule has 0 atom stereocenters. The highest BCUT2D eigenvalue weighted by molar-refractivity contribution is 9.10. The van der Waals surface area contributed by atoms with Crippen LogP contribution in [0.3, 0.4) is 0 Å². The molecule has 4 nitrogen and oxygen atoms in total. The molecule has 108 valence electrons. The second-order valence-electron chi connectivity index (χ2n) is 4.76. The van der Waals surface area contributed by atoms with Gasteiger partial charge in [0.05, 0.1) is 10.6 Å². The van der Waals surface area contributed by atoms with Crippen molar-refractivity contribution in [3.8, 4) is 0 Å². The number of non-ortho nitro benzene ring substituents is 1. The summed E-state index contributed by atoms with van der Waals surface area (Å²) < 4.78 is 0.596. The highest BCUT2D eigenvalue weighted by Crippen LogP contribution is 2.29. The summed E-state index contributed by atoms with van der Waals surface area (Å²) >= 11 is 3.31. The summed E-state index contributed by atoms with van der Waals surface area (Å²) in [6, 6.07) is 18.7. The standard InChI is InChI=1S/C17H11BrN2O2/c18-16-10-15(20(21)22)7-8-17(16)19-11-12-5-6-13-3-1-2-4-14(13)9-12/h1-11H. The highest BCUT2D eigenvalue weighted by atomic mass is 79.9. The van der Waals surface area contributed by atoms with Gasteiger partial charge in [0.2, 0.25) is 0 Å². The first kappa shape index (κ1) is 14.4. The van der Waals surface area contributed by atoms with Gasteiger partial charge in [-0.1, -0.05) is 36.4 Å². The molecule has 0 N–H and O–H groups in total. The van der Waals surface area contributed by atoms with Gasteiger partial charge in [-0.3, -0.25) is 15.1 Å². The van der Waals surface area contributed by atoms with E-state index in [0.29, 0.717) is 10.2 Å². The van der Waals surface area contributed by atoms with Gasteiger partial charge in [-0.15, -0.1) is 0 Å². The van der Waals surface area contributed by atoms with Crippen molar-refractivity contribution in [1.29, 1.82) is 0 Å². The number of rotatable bonds is 3. The van der Waals surface area contributed by atoms with Crippen molar-refractivity contribution >= 4 is 44.3 Å². The maximum Gasteiger partial charge on any atom is 0.270 e. The van der Waals surface area contributed by atoms with E-state index < -0.39 is 4.92 Å². The summed E-state index contributed by atoms with van der Waals surface area (Å²) in [5.74, 6) is 0. The third kappa shape index (κ3) is 3.04. The molecule has 3 aromatic rings. The van der Waals surface area contributed by atoms with Crippen molar-refractivity contribution in [1.82, 2.24) is 0 Å². The average molecular weight is 355 g/mol. The molecule has 0 radical (unpaired) electrons. The zero-order chi connectivity index (χ0) is 15.5. The largest absolute Gasteiger partial charge is 0.270 e. The normalized spacial score (nSPS) is 11.1. The molecule has 5 heteroatoms. The van der Waals surface area contributed by atoms with Crippen LogP contribution in [-0.4, -0.2) is 11.1 Å². The van der Waals surface area contributed by atoms with Crippen LogP contribution in [0.4, 0.5) is 11.4 Å². The summed E-state index contributed by atoms with van der Waals surface area (Å²) in [6.07, 6.45) is 1.75. The first-order valence-electron chi connectivity index (χ1n) is 6.60. The van der Waals surface area contributed by atoms with Crippen LogP contribution in [0.1, 0.15) is 5.56 Å². The van der Waals surface area contributed by atoms with Crippen LogP contribution < -0.4 is 0 Å². The number of hydrogen-bond donors (Lipinski definition) is 0. The minimum Gasteiger partial charge on any atom is -0.258 e. The SMILES string of the molecule is O=[N+]([O-])c1ccc(N=Cc2ccc3ccccc3c2)c(Br)c1. The van der Waals surface area contributed by atoms with E-state index in [1.807, 2.05) is 24.3 Å². The number of fused-ring (bicyclic) bond motifs is 1. The monoisotopic (exact) mass is 354 g/mol. The lowest BCUT2D eigenvalue weighted by Crippen LogP contribution is -1.87. The quantitative estimate of drug-likeness (QED) is 0.365. The van der Waals surface area contributed by atoms with E-state index in [1.54, 1.807) is 12.3 Å². The van der Waals surface area contributed by atoms with Gasteiger partial charge in [-0.05, 0) is 44.4 Å². The minimum absolute atomic E-state index is 0.0385. The molecule has 3 aromatic carbocycles. The Kier molecular flexibility index (Phi) is 3.98. The smallest absolute Gasteiger partial charge is 0.258 e. The fourth-order valence-electron chi connectivity index (χ4n) is 2.15. The predicted octanol–water partition coefficient (Wildman–Crippen LogP) is 5.26. The third-order valence-corrected chi connectivity index (χ3v) is 3.90. The Morgan fingerprint density at radius 3 is 2.50 bits per heavy atom. The predicted molar refractivity (Wildman–Crippen MR) is 92.0 cm³/mol. The summed E-state index contributed by atoms with van der Waals surface area (Å²) in [4.78, 5) is 14.7. The lowest BCUT2D eigenvalue weighted by Gasteiger charge is -2.00. The number of nitrogens with zero attached hydrogens (tertiary/aromatic N) is 2. The van der Waals surface area contributed by atoms with Crippen molar-refractivity contribution in [3.63, 3.8) is 0 Å². The van der Waals surface area contributed by atoms with E-state index in [9.17, 15) is 10.1 Å². The number of hydrogen-bond acceptors (Lipinski definition) is 3. The molecule has 0 spiro atoms. The average Bonchev–Trinajstić information content (AvgIpc) is 2.53. The molecule has 0 bridgehead atoms. The summed E-state index contributed by atoms with van der Waals surface area (Å²) in [5.41, 5.74) is 1.67. The molecule has 0 aliphatic rings. The number of nitro groups is 1. The Morgan fingerprint density at radius 2 is 1.77 bits per heavy atom. The highest BCUT2D eigenvalue weighted by Gasteiger charge is 2.08. The minimum atomic E-state index is -0.429. The molecule has 0 saturated carbocycles. The molecule has 0 amide bonds. The van der Waals surface area contributed by atoms with Crippen molar-refractivity contribution in [3.05, 3.63) is 80.8 Å². The van der Waals surface area contributed by atoms with Gasteiger partial charge < -0.3 is 0 Å². The fraction of sp³-hybridized carbons (Fsp3) is 0. The molecule has 0 fully saturated rings. The zero-order valence-corrected chi connectivity index (χ0v) is 13.0. The van der Waals surface area contributed by atoms with E-state index in [2.05, 4.69) is 39.1 Å². The number of halogens is 1. The van der Waals surface area contributed by atoms with Crippen LogP contribution in [-0.2, 0) is 0 Å². The van der Waals surface area contributed by atoms with Crippen LogP contribution >= 0.6 is 15.9 Å². The van der Waals surface area contributed by atoms with Gasteiger partial charge >= 0.3 is 0 Å². The van der Waals surface area contributed by atoms with Crippen molar-refractivity contribution in [2.45, 2.75) is 0 Å². The number of nitro benzene ring substituents is 1. The van der Waals surface area contributed by atoms with E-state index in [4.69, 9.17) is 0 Å². The Bertz CT molecular complexity index is 891. The van der Waals surface area contributed by atoms with E-state index in [-0.39, 0.29) is 5.69 Å². The Labute approximate surface area is 135 Å². The number of aliphatic imine (C=N–C) groups is 1. The Balaban J connectivity index is 1.90. The van der Waals surface area contributed by atoms with E-state index >= 15 is 0 Å². The van der Waals surface area contributed by atoms with Crippen LogP contribution in [0, 0.1) is 10.1 Å². The maximum atomic E-state index is 10.7. The zero-order valence-electron chi connectivity index (χ0n) is 11.4. The molecular weight excluding hydrogens is 344 g/mol. The molecule has 22 heavy (non-hydrogen) atoms. The molecule has 0 saturated heterocycles. The van der Waals surface area contributed by atoms with E-state index in [0.717, 1.165) is 10.9 Å². The maximum absolute atomic E-state index is 10.7. The van der Waals surface area contributed by atoms with Crippen LogP contribution in [0.2, 0.25) is 0 Å². The lowest BCUT2D eigenvalue weighted by atomic mass is 10.1. The van der Waals surface area contributed by atoms with Crippen LogP contribution in [0.25, 0.3) is 10.8 Å². The summed E-state index contributed by atoms with van der Waals surface area (Å²) in [7, 11) is 0. The first-order chi connectivity index (χ1) is 10.6. The second kappa shape index (κ2) is 6.07. The third-order valence-electron chi connectivity index (χ3n) is 3.27. The van der Waals surface area contributed by atoms with Crippen molar-refractivity contribution < 1.29 is 4.92 Å². The van der Waals surface area contributed by atoms with Gasteiger partial charge in [-0.25, -0.2) is 0 Å². The Hall–Kier alpha value is -2.53. The molecular formula is C17H11BrN2O2. The van der Waals surface area contributed by atoms with Crippen molar-refractivity contribution in [2.24, 2.45) is 4.99 Å². The van der Waals surface area contributed by atoms with Gasteiger partial charge in [0.25, 0.3) is 5.69 Å². The topological polar surface area (TPSA) is 55.5 Å². The van der Waals surface area contributed by atoms with Gasteiger partial charge in [0, 0.05) is 22.8 Å². The molecule has 0 aromatic heterocycles. The number of benzene rings is 3. The first-order valence-corrected chi connectivity index (χ1v) is 7.39. The summed E-state index contributed by atoms with van der Waals surface area (Å²) in [6.45, 7) is 0. The molecule has 0 unspecified atom stereocenters. The second-order valence-corrected chi connectivity index (χ2v) is 5.61. The fourth-order valence-corrected chi connectivity index (χ4v) is 2.62. The summed E-state index contributed by atoms with van der Waals surface area (Å²) in [5, 5.41) is 13.0. The molecule has 0 heterocycles. The van der Waals surface area contributed by atoms with Gasteiger partial charge in [0.1, 0.15) is 0 Å². The van der Waals surface area contributed by atoms with Crippen molar-refractivity contribution in [2.75, 3.05) is 0 Å². The molecule has 3 rings (SSSR count). The van der Waals surface area contributed by atoms with E-state index in [1.165, 1.54) is 17.5 Å². The van der Waals surface area contributed by atoms with Gasteiger partial charge in [-0.2, -0.15) is 0 Å². The van der Waals surface area contributed by atoms with Gasteiger partial charge in [0.15, 0.2) is 0 Å². The Morgan fingerprint density at radius 1 is 1.00 bits per heavy atom. The van der Waals surface area contributed by atoms with Crippen LogP contribution in [0.15, 0.2) is 70.1 Å².